The predicted molar refractivity (Wildman–Crippen MR) is 96.8 cm³/mol. The molecule has 8 heteroatoms. The summed E-state index contributed by atoms with van der Waals surface area (Å²) in [5.41, 5.74) is 1.07. The number of benzene rings is 1. The van der Waals surface area contributed by atoms with Crippen molar-refractivity contribution in [2.24, 2.45) is 0 Å². The first-order chi connectivity index (χ1) is 12.5. The third-order valence-corrected chi connectivity index (χ3v) is 3.93. The third-order valence-electron chi connectivity index (χ3n) is 3.93. The van der Waals surface area contributed by atoms with Gasteiger partial charge < -0.3 is 4.74 Å². The van der Waals surface area contributed by atoms with Crippen molar-refractivity contribution in [3.8, 4) is 0 Å². The van der Waals surface area contributed by atoms with E-state index in [0.717, 1.165) is 0 Å². The van der Waals surface area contributed by atoms with Gasteiger partial charge in [0.15, 0.2) is 6.61 Å². The van der Waals surface area contributed by atoms with Crippen LogP contribution >= 0.6 is 0 Å². The zero-order valence-corrected chi connectivity index (χ0v) is 14.8. The highest BCUT2D eigenvalue weighted by atomic mass is 16.6. The number of ether oxygens (including phenoxy) is 1. The summed E-state index contributed by atoms with van der Waals surface area (Å²) in [4.78, 5) is 32.8. The van der Waals surface area contributed by atoms with Crippen LogP contribution in [0.5, 0.6) is 0 Å². The minimum Gasteiger partial charge on any atom is -0.455 e. The molecule has 1 aromatic rings. The Kier molecular flexibility index (Phi) is 9.59. The van der Waals surface area contributed by atoms with Gasteiger partial charge in [0.1, 0.15) is 0 Å². The van der Waals surface area contributed by atoms with Gasteiger partial charge in [0.05, 0.1) is 5.57 Å². The molecule has 0 saturated carbocycles. The molecule has 0 aromatic heterocycles. The number of nitrogens with zero attached hydrogens (tertiary/aromatic N) is 2. The molecule has 0 fully saturated rings. The van der Waals surface area contributed by atoms with Crippen LogP contribution in [0.3, 0.4) is 0 Å². The highest BCUT2D eigenvalue weighted by molar-refractivity contribution is 6.16. The second kappa shape index (κ2) is 11.7. The van der Waals surface area contributed by atoms with E-state index in [1.54, 1.807) is 37.3 Å². The third kappa shape index (κ3) is 7.87. The molecule has 0 N–H and O–H groups in total. The summed E-state index contributed by atoms with van der Waals surface area (Å²) in [6.07, 6.45) is 4.25. The SMILES string of the molecule is C/C=C(/C(=O)OCC(CCCCCC[N+](=O)[O-])[N+](=O)[O-])c1ccccc1. The number of nitro groups is 2. The maximum atomic E-state index is 12.2. The molecule has 0 aliphatic rings. The molecule has 0 saturated heterocycles. The summed E-state index contributed by atoms with van der Waals surface area (Å²) in [6, 6.07) is 7.99. The Bertz CT molecular complexity index is 630. The molecule has 1 atom stereocenters. The van der Waals surface area contributed by atoms with Crippen molar-refractivity contribution < 1.29 is 19.4 Å². The van der Waals surface area contributed by atoms with Gasteiger partial charge >= 0.3 is 5.97 Å². The van der Waals surface area contributed by atoms with Gasteiger partial charge in [0.2, 0.25) is 12.6 Å². The minimum atomic E-state index is -0.969. The Morgan fingerprint density at radius 3 is 2.35 bits per heavy atom. The van der Waals surface area contributed by atoms with E-state index in [9.17, 15) is 25.0 Å². The molecule has 26 heavy (non-hydrogen) atoms. The van der Waals surface area contributed by atoms with Crippen LogP contribution in [0.2, 0.25) is 0 Å². The average Bonchev–Trinajstić information content (AvgIpc) is 2.61. The maximum Gasteiger partial charge on any atom is 0.338 e. The van der Waals surface area contributed by atoms with Gasteiger partial charge in [-0.2, -0.15) is 0 Å². The summed E-state index contributed by atoms with van der Waals surface area (Å²) in [7, 11) is 0. The van der Waals surface area contributed by atoms with Crippen molar-refractivity contribution in [2.75, 3.05) is 13.2 Å². The quantitative estimate of drug-likeness (QED) is 0.184. The van der Waals surface area contributed by atoms with Crippen molar-refractivity contribution in [1.29, 1.82) is 0 Å². The van der Waals surface area contributed by atoms with E-state index in [1.165, 1.54) is 0 Å². The second-order valence-corrected chi connectivity index (χ2v) is 5.87. The van der Waals surface area contributed by atoms with Crippen molar-refractivity contribution in [3.05, 3.63) is 62.2 Å². The number of carbonyl (C=O) groups excluding carboxylic acids is 1. The van der Waals surface area contributed by atoms with Gasteiger partial charge in [-0.1, -0.05) is 42.8 Å². The van der Waals surface area contributed by atoms with E-state index in [-0.39, 0.29) is 24.5 Å². The number of rotatable bonds is 12. The van der Waals surface area contributed by atoms with Gasteiger partial charge in [-0.15, -0.1) is 0 Å². The lowest BCUT2D eigenvalue weighted by Crippen LogP contribution is -2.27. The topological polar surface area (TPSA) is 113 Å². The highest BCUT2D eigenvalue weighted by Crippen LogP contribution is 2.16. The first kappa shape index (κ1) is 21.3. The molecule has 0 aliphatic heterocycles. The van der Waals surface area contributed by atoms with Gasteiger partial charge in [0, 0.05) is 22.7 Å². The molecule has 1 aromatic carbocycles. The standard InChI is InChI=1S/C18H24N2O6/c1-2-17(15-10-6-5-7-11-15)18(21)26-14-16(20(24)25)12-8-3-4-9-13-19(22)23/h2,5-7,10-11,16H,3-4,8-9,12-14H2,1H3/b17-2+. The summed E-state index contributed by atoms with van der Waals surface area (Å²) in [5.74, 6) is -0.587. The molecule has 0 radical (unpaired) electrons. The molecule has 8 nitrogen and oxygen atoms in total. The number of carbonyl (C=O) groups is 1. The summed E-state index contributed by atoms with van der Waals surface area (Å²) < 4.78 is 5.14. The summed E-state index contributed by atoms with van der Waals surface area (Å²) in [6.45, 7) is 1.34. The fraction of sp³-hybridized carbons (Fsp3) is 0.500. The first-order valence-electron chi connectivity index (χ1n) is 8.59. The number of esters is 1. The van der Waals surface area contributed by atoms with Gasteiger partial charge in [-0.3, -0.25) is 20.2 Å². The maximum absolute atomic E-state index is 12.2. The van der Waals surface area contributed by atoms with Crippen LogP contribution in [0, 0.1) is 20.2 Å². The average molecular weight is 364 g/mol. The number of hydrogen-bond acceptors (Lipinski definition) is 6. The fourth-order valence-electron chi connectivity index (χ4n) is 2.49. The minimum absolute atomic E-state index is 0.0815. The summed E-state index contributed by atoms with van der Waals surface area (Å²) in [5, 5.41) is 21.4. The van der Waals surface area contributed by atoms with Crippen molar-refractivity contribution in [2.45, 2.75) is 45.1 Å². The largest absolute Gasteiger partial charge is 0.455 e. The van der Waals surface area contributed by atoms with E-state index in [4.69, 9.17) is 4.74 Å². The lowest BCUT2D eigenvalue weighted by atomic mass is 10.1. The van der Waals surface area contributed by atoms with E-state index in [1.807, 2.05) is 6.07 Å². The molecule has 0 bridgehead atoms. The fourth-order valence-corrected chi connectivity index (χ4v) is 2.49. The van der Waals surface area contributed by atoms with E-state index < -0.39 is 16.9 Å². The zero-order chi connectivity index (χ0) is 19.4. The Morgan fingerprint density at radius 2 is 1.77 bits per heavy atom. The van der Waals surface area contributed by atoms with Crippen LogP contribution in [-0.4, -0.2) is 35.0 Å². The molecule has 0 amide bonds. The van der Waals surface area contributed by atoms with Crippen LogP contribution in [0.25, 0.3) is 5.57 Å². The van der Waals surface area contributed by atoms with E-state index in [2.05, 4.69) is 0 Å². The van der Waals surface area contributed by atoms with Crippen LogP contribution in [0.4, 0.5) is 0 Å². The Balaban J connectivity index is 2.43. The molecule has 1 rings (SSSR count). The van der Waals surface area contributed by atoms with Gasteiger partial charge in [0.25, 0.3) is 0 Å². The van der Waals surface area contributed by atoms with E-state index >= 15 is 0 Å². The second-order valence-electron chi connectivity index (χ2n) is 5.87. The molecular formula is C18H24N2O6. The van der Waals surface area contributed by atoms with Crippen LogP contribution in [0.15, 0.2) is 36.4 Å². The predicted octanol–water partition coefficient (Wildman–Crippen LogP) is 3.51. The molecular weight excluding hydrogens is 340 g/mol. The smallest absolute Gasteiger partial charge is 0.338 e. The van der Waals surface area contributed by atoms with Gasteiger partial charge in [-0.05, 0) is 25.3 Å². The normalized spacial score (nSPS) is 12.4. The molecule has 0 spiro atoms. The Labute approximate surface area is 152 Å². The lowest BCUT2D eigenvalue weighted by molar-refractivity contribution is -0.526. The lowest BCUT2D eigenvalue weighted by Gasteiger charge is -2.12. The van der Waals surface area contributed by atoms with Crippen LogP contribution in [0.1, 0.15) is 44.6 Å². The van der Waals surface area contributed by atoms with Crippen LogP contribution in [-0.2, 0) is 9.53 Å². The Hall–Kier alpha value is -2.77. The molecule has 1 unspecified atom stereocenters. The zero-order valence-electron chi connectivity index (χ0n) is 14.8. The summed E-state index contributed by atoms with van der Waals surface area (Å²) >= 11 is 0. The molecule has 142 valence electrons. The van der Waals surface area contributed by atoms with Crippen LogP contribution < -0.4 is 0 Å². The van der Waals surface area contributed by atoms with Crippen molar-refractivity contribution in [3.63, 3.8) is 0 Å². The number of unbranched alkanes of at least 4 members (excludes halogenated alkanes) is 3. The van der Waals surface area contributed by atoms with Crippen molar-refractivity contribution in [1.82, 2.24) is 0 Å². The first-order valence-corrected chi connectivity index (χ1v) is 8.59. The van der Waals surface area contributed by atoms with Gasteiger partial charge in [-0.25, -0.2) is 4.79 Å². The van der Waals surface area contributed by atoms with E-state index in [0.29, 0.717) is 36.8 Å². The van der Waals surface area contributed by atoms with Crippen molar-refractivity contribution >= 4 is 11.5 Å². The highest BCUT2D eigenvalue weighted by Gasteiger charge is 2.23. The monoisotopic (exact) mass is 364 g/mol. The number of allylic oxidation sites excluding steroid dienone is 1. The molecule has 0 heterocycles. The Morgan fingerprint density at radius 1 is 1.12 bits per heavy atom. The molecule has 0 aliphatic carbocycles. The number of hydrogen-bond donors (Lipinski definition) is 0.